The van der Waals surface area contributed by atoms with Crippen LogP contribution in [0, 0.1) is 5.41 Å². The van der Waals surface area contributed by atoms with E-state index in [-0.39, 0.29) is 5.41 Å². The van der Waals surface area contributed by atoms with Gasteiger partial charge in [-0.25, -0.2) is 0 Å². The average molecular weight is 246 g/mol. The molecule has 0 heterocycles. The predicted molar refractivity (Wildman–Crippen MR) is 61.0 cm³/mol. The van der Waals surface area contributed by atoms with E-state index in [2.05, 4.69) is 20.8 Å². The molecule has 0 spiro atoms. The van der Waals surface area contributed by atoms with Gasteiger partial charge >= 0.3 is 6.18 Å². The van der Waals surface area contributed by atoms with Gasteiger partial charge in [-0.3, -0.25) is 0 Å². The normalized spacial score (nSPS) is 12.6. The van der Waals surface area contributed by atoms with Crippen molar-refractivity contribution in [2.45, 2.75) is 33.4 Å². The van der Waals surface area contributed by atoms with Gasteiger partial charge in [0.2, 0.25) is 0 Å². The fourth-order valence-electron chi connectivity index (χ4n) is 1.12. The summed E-state index contributed by atoms with van der Waals surface area (Å²) < 4.78 is 42.4. The molecule has 1 aromatic rings. The molecular formula is C13H17F3O. The van der Waals surface area contributed by atoms with E-state index in [1.807, 2.05) is 0 Å². The molecule has 0 amide bonds. The molecule has 0 radical (unpaired) electrons. The van der Waals surface area contributed by atoms with Crippen LogP contribution >= 0.6 is 0 Å². The van der Waals surface area contributed by atoms with Crippen molar-refractivity contribution in [3.05, 3.63) is 29.8 Å². The molecule has 0 aliphatic carbocycles. The lowest BCUT2D eigenvalue weighted by Crippen LogP contribution is -2.20. The van der Waals surface area contributed by atoms with Gasteiger partial charge in [0.15, 0.2) is 0 Å². The Balaban J connectivity index is 2.64. The molecule has 0 aromatic heterocycles. The topological polar surface area (TPSA) is 9.23 Å². The van der Waals surface area contributed by atoms with E-state index in [4.69, 9.17) is 4.74 Å². The van der Waals surface area contributed by atoms with E-state index in [1.165, 1.54) is 12.1 Å². The van der Waals surface area contributed by atoms with Gasteiger partial charge in [-0.2, -0.15) is 13.2 Å². The average Bonchev–Trinajstić information content (AvgIpc) is 2.26. The molecule has 0 aliphatic heterocycles. The van der Waals surface area contributed by atoms with Crippen molar-refractivity contribution >= 4 is 0 Å². The summed E-state index contributed by atoms with van der Waals surface area (Å²) in [5, 5.41) is 0. The van der Waals surface area contributed by atoms with Gasteiger partial charge in [-0.1, -0.05) is 20.8 Å². The highest BCUT2D eigenvalue weighted by atomic mass is 19.4. The third-order valence-electron chi connectivity index (χ3n) is 2.77. The zero-order valence-electron chi connectivity index (χ0n) is 10.3. The zero-order chi connectivity index (χ0) is 13.1. The highest BCUT2D eigenvalue weighted by molar-refractivity contribution is 5.28. The van der Waals surface area contributed by atoms with Crippen LogP contribution in [0.25, 0.3) is 0 Å². The molecule has 1 rings (SSSR count). The minimum absolute atomic E-state index is 0.0305. The van der Waals surface area contributed by atoms with E-state index >= 15 is 0 Å². The molecule has 17 heavy (non-hydrogen) atoms. The molecule has 1 aromatic carbocycles. The Morgan fingerprint density at radius 3 is 2.00 bits per heavy atom. The molecule has 1 nitrogen and oxygen atoms in total. The van der Waals surface area contributed by atoms with Crippen LogP contribution in [0.5, 0.6) is 5.75 Å². The van der Waals surface area contributed by atoms with E-state index in [0.29, 0.717) is 12.4 Å². The van der Waals surface area contributed by atoms with E-state index in [1.54, 1.807) is 0 Å². The number of benzene rings is 1. The summed E-state index contributed by atoms with van der Waals surface area (Å²) in [5.41, 5.74) is -0.623. The molecule has 0 unspecified atom stereocenters. The van der Waals surface area contributed by atoms with Gasteiger partial charge in [0.1, 0.15) is 5.75 Å². The van der Waals surface area contributed by atoms with Gasteiger partial charge < -0.3 is 4.74 Å². The zero-order valence-corrected chi connectivity index (χ0v) is 10.3. The number of rotatable bonds is 4. The van der Waals surface area contributed by atoms with Crippen molar-refractivity contribution in [3.8, 4) is 5.75 Å². The van der Waals surface area contributed by atoms with Crippen LogP contribution in [0.4, 0.5) is 13.2 Å². The fourth-order valence-corrected chi connectivity index (χ4v) is 1.12. The molecule has 0 aliphatic rings. The molecule has 0 N–H and O–H groups in total. The lowest BCUT2D eigenvalue weighted by atomic mass is 9.92. The number of alkyl halides is 3. The fraction of sp³-hybridized carbons (Fsp3) is 0.538. The molecule has 0 saturated carbocycles. The molecule has 0 fully saturated rings. The first-order valence-corrected chi connectivity index (χ1v) is 5.55. The van der Waals surface area contributed by atoms with Crippen LogP contribution in [-0.4, -0.2) is 6.61 Å². The summed E-state index contributed by atoms with van der Waals surface area (Å²) in [5.74, 6) is 0.472. The Hall–Kier alpha value is -1.19. The summed E-state index contributed by atoms with van der Waals surface area (Å²) in [6, 6.07) is 4.78. The minimum atomic E-state index is -4.29. The van der Waals surface area contributed by atoms with Crippen molar-refractivity contribution in [1.29, 1.82) is 0 Å². The van der Waals surface area contributed by atoms with Crippen molar-refractivity contribution in [3.63, 3.8) is 0 Å². The van der Waals surface area contributed by atoms with Crippen molar-refractivity contribution in [2.24, 2.45) is 5.41 Å². The lowest BCUT2D eigenvalue weighted by Gasteiger charge is -2.22. The summed E-state index contributed by atoms with van der Waals surface area (Å²) in [6.45, 7) is 6.65. The van der Waals surface area contributed by atoms with Crippen molar-refractivity contribution in [1.82, 2.24) is 0 Å². The van der Waals surface area contributed by atoms with Gasteiger partial charge in [0, 0.05) is 0 Å². The lowest BCUT2D eigenvalue weighted by molar-refractivity contribution is -0.137. The van der Waals surface area contributed by atoms with Crippen LogP contribution in [0.2, 0.25) is 0 Å². The van der Waals surface area contributed by atoms with E-state index in [9.17, 15) is 13.2 Å². The number of halogens is 3. The molecule has 4 heteroatoms. The largest absolute Gasteiger partial charge is 0.493 e. The maximum absolute atomic E-state index is 12.3. The standard InChI is InChI=1S/C13H17F3O/c1-4-12(2,3)9-17-11-7-5-10(6-8-11)13(14,15)16/h5-8H,4,9H2,1-3H3. The Bertz CT molecular complexity index is 352. The maximum atomic E-state index is 12.3. The second-order valence-electron chi connectivity index (χ2n) is 4.83. The number of hydrogen-bond donors (Lipinski definition) is 0. The Morgan fingerprint density at radius 2 is 1.59 bits per heavy atom. The van der Waals surface area contributed by atoms with Crippen molar-refractivity contribution in [2.75, 3.05) is 6.61 Å². The van der Waals surface area contributed by atoms with Gasteiger partial charge in [-0.05, 0) is 36.1 Å². The smallest absolute Gasteiger partial charge is 0.416 e. The summed E-state index contributed by atoms with van der Waals surface area (Å²) in [4.78, 5) is 0. The SMILES string of the molecule is CCC(C)(C)COc1ccc(C(F)(F)F)cc1. The highest BCUT2D eigenvalue weighted by Gasteiger charge is 2.30. The third-order valence-corrected chi connectivity index (χ3v) is 2.77. The summed E-state index contributed by atoms with van der Waals surface area (Å²) in [7, 11) is 0. The van der Waals surface area contributed by atoms with Crippen LogP contribution in [0.15, 0.2) is 24.3 Å². The number of hydrogen-bond acceptors (Lipinski definition) is 1. The third kappa shape index (κ3) is 4.29. The quantitative estimate of drug-likeness (QED) is 0.759. The van der Waals surface area contributed by atoms with Crippen molar-refractivity contribution < 1.29 is 17.9 Å². The summed E-state index contributed by atoms with van der Waals surface area (Å²) in [6.07, 6.45) is -3.34. The Labute approximate surface area is 99.6 Å². The van der Waals surface area contributed by atoms with Crippen LogP contribution in [-0.2, 0) is 6.18 Å². The molecule has 0 saturated heterocycles. The minimum Gasteiger partial charge on any atom is -0.493 e. The molecule has 96 valence electrons. The monoisotopic (exact) mass is 246 g/mol. The van der Waals surface area contributed by atoms with Gasteiger partial charge in [0.25, 0.3) is 0 Å². The van der Waals surface area contributed by atoms with Crippen LogP contribution in [0.3, 0.4) is 0 Å². The Kier molecular flexibility index (Phi) is 4.07. The van der Waals surface area contributed by atoms with E-state index in [0.717, 1.165) is 18.6 Å². The van der Waals surface area contributed by atoms with E-state index < -0.39 is 11.7 Å². The highest BCUT2D eigenvalue weighted by Crippen LogP contribution is 2.30. The first-order chi connectivity index (χ1) is 7.74. The van der Waals surface area contributed by atoms with Crippen LogP contribution < -0.4 is 4.74 Å². The molecular weight excluding hydrogens is 229 g/mol. The Morgan fingerprint density at radius 1 is 1.06 bits per heavy atom. The first-order valence-electron chi connectivity index (χ1n) is 5.55. The first kappa shape index (κ1) is 13.9. The predicted octanol–water partition coefficient (Wildman–Crippen LogP) is 4.52. The second-order valence-corrected chi connectivity index (χ2v) is 4.83. The maximum Gasteiger partial charge on any atom is 0.416 e. The second kappa shape index (κ2) is 4.98. The molecule has 0 atom stereocenters. The molecule has 0 bridgehead atoms. The van der Waals surface area contributed by atoms with Crippen LogP contribution in [0.1, 0.15) is 32.8 Å². The van der Waals surface area contributed by atoms with Gasteiger partial charge in [0.05, 0.1) is 12.2 Å². The van der Waals surface area contributed by atoms with Gasteiger partial charge in [-0.15, -0.1) is 0 Å². The number of ether oxygens (including phenoxy) is 1. The summed E-state index contributed by atoms with van der Waals surface area (Å²) >= 11 is 0.